The summed E-state index contributed by atoms with van der Waals surface area (Å²) >= 11 is 0. The van der Waals surface area contributed by atoms with Crippen molar-refractivity contribution in [3.05, 3.63) is 0 Å². The zero-order chi connectivity index (χ0) is 13.0. The van der Waals surface area contributed by atoms with Gasteiger partial charge in [0.15, 0.2) is 0 Å². The highest BCUT2D eigenvalue weighted by Crippen LogP contribution is 2.23. The first-order valence-electron chi connectivity index (χ1n) is 7.08. The van der Waals surface area contributed by atoms with Gasteiger partial charge in [0.2, 0.25) is 0 Å². The van der Waals surface area contributed by atoms with Gasteiger partial charge in [-0.25, -0.2) is 0 Å². The van der Waals surface area contributed by atoms with Crippen molar-refractivity contribution in [2.45, 2.75) is 80.1 Å². The molecule has 0 bridgehead atoms. The van der Waals surface area contributed by atoms with E-state index in [-0.39, 0.29) is 0 Å². The van der Waals surface area contributed by atoms with Crippen molar-refractivity contribution in [1.82, 2.24) is 0 Å². The van der Waals surface area contributed by atoms with Gasteiger partial charge in [-0.3, -0.25) is 4.79 Å². The van der Waals surface area contributed by atoms with E-state index >= 15 is 0 Å². The number of hydrogen-bond donors (Lipinski definition) is 0. The molecule has 98 valence electrons. The number of ketones is 1. The summed E-state index contributed by atoms with van der Waals surface area (Å²) in [5, 5.41) is 0. The van der Waals surface area contributed by atoms with Crippen LogP contribution in [0.5, 0.6) is 0 Å². The van der Waals surface area contributed by atoms with Gasteiger partial charge >= 0.3 is 0 Å². The Morgan fingerprint density at radius 1 is 1.12 bits per heavy atom. The number of rotatable bonds is 2. The highest BCUT2D eigenvalue weighted by Gasteiger charge is 2.16. The van der Waals surface area contributed by atoms with Crippen LogP contribution in [0.4, 0.5) is 0 Å². The molecule has 1 rings (SSSR count). The normalized spacial score (nSPS) is 15.7. The SMILES string of the molecule is CC.CC(=O)C1CCCCC1.CCC(C)C. The second-order valence-electron chi connectivity index (χ2n) is 4.75. The van der Waals surface area contributed by atoms with Gasteiger partial charge in [-0.2, -0.15) is 0 Å². The lowest BCUT2D eigenvalue weighted by molar-refractivity contribution is -0.121. The molecule has 0 aromatic rings. The number of Topliss-reactive ketones (excluding diaryl/α,β-unsaturated/α-hetero) is 1. The quantitative estimate of drug-likeness (QED) is 0.632. The maximum Gasteiger partial charge on any atom is 0.132 e. The second kappa shape index (κ2) is 12.7. The smallest absolute Gasteiger partial charge is 0.132 e. The molecule has 0 heterocycles. The fourth-order valence-electron chi connectivity index (χ4n) is 1.51. The summed E-state index contributed by atoms with van der Waals surface area (Å²) in [6.07, 6.45) is 7.48. The van der Waals surface area contributed by atoms with E-state index in [2.05, 4.69) is 20.8 Å². The molecule has 0 atom stereocenters. The Morgan fingerprint density at radius 3 is 1.69 bits per heavy atom. The number of carbonyl (C=O) groups excluding carboxylic acids is 1. The number of carbonyl (C=O) groups is 1. The maximum absolute atomic E-state index is 10.8. The Labute approximate surface area is 103 Å². The van der Waals surface area contributed by atoms with E-state index in [9.17, 15) is 4.79 Å². The lowest BCUT2D eigenvalue weighted by Crippen LogP contribution is -2.13. The Kier molecular flexibility index (Phi) is 14.4. The third-order valence-corrected chi connectivity index (χ3v) is 3.00. The zero-order valence-electron chi connectivity index (χ0n) is 12.3. The van der Waals surface area contributed by atoms with Crippen LogP contribution in [0, 0.1) is 11.8 Å². The Bertz CT molecular complexity index is 144. The summed E-state index contributed by atoms with van der Waals surface area (Å²) in [6, 6.07) is 0. The molecular weight excluding hydrogens is 196 g/mol. The minimum absolute atomic E-state index is 0.398. The first-order chi connectivity index (χ1) is 7.57. The second-order valence-corrected chi connectivity index (χ2v) is 4.75. The average Bonchev–Trinajstić information content (AvgIpc) is 2.33. The third kappa shape index (κ3) is 11.7. The first-order valence-corrected chi connectivity index (χ1v) is 7.08. The first kappa shape index (κ1) is 18.0. The van der Waals surface area contributed by atoms with Gasteiger partial charge in [0.25, 0.3) is 0 Å². The van der Waals surface area contributed by atoms with Crippen molar-refractivity contribution in [2.75, 3.05) is 0 Å². The largest absolute Gasteiger partial charge is 0.300 e. The van der Waals surface area contributed by atoms with Crippen LogP contribution in [-0.4, -0.2) is 5.78 Å². The topological polar surface area (TPSA) is 17.1 Å². The van der Waals surface area contributed by atoms with Gasteiger partial charge in [-0.1, -0.05) is 60.3 Å². The van der Waals surface area contributed by atoms with Crippen LogP contribution in [0.25, 0.3) is 0 Å². The highest BCUT2D eigenvalue weighted by molar-refractivity contribution is 5.78. The molecule has 0 spiro atoms. The van der Waals surface area contributed by atoms with Crippen molar-refractivity contribution in [2.24, 2.45) is 11.8 Å². The van der Waals surface area contributed by atoms with Crippen LogP contribution < -0.4 is 0 Å². The molecule has 0 amide bonds. The molecule has 1 aliphatic carbocycles. The van der Waals surface area contributed by atoms with Crippen molar-refractivity contribution >= 4 is 5.78 Å². The molecule has 1 nitrogen and oxygen atoms in total. The monoisotopic (exact) mass is 228 g/mol. The number of hydrogen-bond acceptors (Lipinski definition) is 1. The van der Waals surface area contributed by atoms with Crippen LogP contribution in [-0.2, 0) is 4.79 Å². The molecule has 0 aromatic carbocycles. The van der Waals surface area contributed by atoms with E-state index in [4.69, 9.17) is 0 Å². The van der Waals surface area contributed by atoms with Gasteiger partial charge in [0.1, 0.15) is 5.78 Å². The molecule has 0 aromatic heterocycles. The van der Waals surface area contributed by atoms with E-state index in [1.54, 1.807) is 6.92 Å². The van der Waals surface area contributed by atoms with Crippen LogP contribution in [0.2, 0.25) is 0 Å². The molecule has 0 N–H and O–H groups in total. The summed E-state index contributed by atoms with van der Waals surface area (Å²) in [7, 11) is 0. The molecule has 16 heavy (non-hydrogen) atoms. The van der Waals surface area contributed by atoms with Crippen LogP contribution in [0.1, 0.15) is 80.1 Å². The van der Waals surface area contributed by atoms with Crippen molar-refractivity contribution in [1.29, 1.82) is 0 Å². The predicted octanol–water partition coefficient (Wildman–Crippen LogP) is 5.23. The minimum Gasteiger partial charge on any atom is -0.300 e. The van der Waals surface area contributed by atoms with Crippen LogP contribution in [0.3, 0.4) is 0 Å². The molecular formula is C15H32O. The zero-order valence-corrected chi connectivity index (χ0v) is 12.3. The minimum atomic E-state index is 0.398. The fraction of sp³-hybridized carbons (Fsp3) is 0.933. The third-order valence-electron chi connectivity index (χ3n) is 3.00. The van der Waals surface area contributed by atoms with Gasteiger partial charge in [-0.15, -0.1) is 0 Å². The van der Waals surface area contributed by atoms with Gasteiger partial charge in [0, 0.05) is 5.92 Å². The standard InChI is InChI=1S/C8H14O.C5H12.C2H6/c1-7(9)8-5-3-2-4-6-8;1-4-5(2)3;1-2/h8H,2-6H2,1H3;5H,4H2,1-3H3;1-2H3. The predicted molar refractivity (Wildman–Crippen MR) is 73.7 cm³/mol. The lowest BCUT2D eigenvalue weighted by Gasteiger charge is -2.17. The van der Waals surface area contributed by atoms with E-state index < -0.39 is 0 Å². The summed E-state index contributed by atoms with van der Waals surface area (Å²) in [5.41, 5.74) is 0. The maximum atomic E-state index is 10.8. The molecule has 1 aliphatic rings. The molecule has 1 heteroatoms. The Balaban J connectivity index is 0. The lowest BCUT2D eigenvalue weighted by atomic mass is 9.87. The molecule has 0 aliphatic heterocycles. The van der Waals surface area contributed by atoms with E-state index in [0.717, 1.165) is 18.8 Å². The molecule has 0 saturated heterocycles. The molecule has 1 fully saturated rings. The van der Waals surface area contributed by atoms with Gasteiger partial charge < -0.3 is 0 Å². The van der Waals surface area contributed by atoms with Crippen LogP contribution in [0.15, 0.2) is 0 Å². The summed E-state index contributed by atoms with van der Waals surface area (Å²) in [5.74, 6) is 1.70. The fourth-order valence-corrected chi connectivity index (χ4v) is 1.51. The van der Waals surface area contributed by atoms with E-state index in [1.807, 2.05) is 13.8 Å². The Morgan fingerprint density at radius 2 is 1.50 bits per heavy atom. The van der Waals surface area contributed by atoms with Crippen molar-refractivity contribution < 1.29 is 4.79 Å². The summed E-state index contributed by atoms with van der Waals surface area (Å²) in [4.78, 5) is 10.8. The van der Waals surface area contributed by atoms with Crippen molar-refractivity contribution in [3.63, 3.8) is 0 Å². The van der Waals surface area contributed by atoms with E-state index in [1.165, 1.54) is 25.7 Å². The van der Waals surface area contributed by atoms with Gasteiger partial charge in [-0.05, 0) is 25.7 Å². The Hall–Kier alpha value is -0.330. The van der Waals surface area contributed by atoms with Crippen LogP contribution >= 0.6 is 0 Å². The highest BCUT2D eigenvalue weighted by atomic mass is 16.1. The van der Waals surface area contributed by atoms with Gasteiger partial charge in [0.05, 0.1) is 0 Å². The summed E-state index contributed by atoms with van der Waals surface area (Å²) < 4.78 is 0. The average molecular weight is 228 g/mol. The van der Waals surface area contributed by atoms with Crippen molar-refractivity contribution in [3.8, 4) is 0 Å². The van der Waals surface area contributed by atoms with E-state index in [0.29, 0.717) is 11.7 Å². The molecule has 1 saturated carbocycles. The summed E-state index contributed by atoms with van der Waals surface area (Å²) in [6.45, 7) is 12.4. The molecule has 0 unspecified atom stereocenters. The molecule has 0 radical (unpaired) electrons.